The lowest BCUT2D eigenvalue weighted by Crippen LogP contribution is -2.40. The van der Waals surface area contributed by atoms with E-state index in [1.165, 1.54) is 0 Å². The number of nitrogens with one attached hydrogen (secondary N) is 2. The fourth-order valence-electron chi connectivity index (χ4n) is 0.915. The largest absolute Gasteiger partial charge is 0.290 e. The lowest BCUT2D eigenvalue weighted by Gasteiger charge is -2.17. The molecule has 1 fully saturated rings. The molecule has 4 heteroatoms. The average Bonchev–Trinajstić information content (AvgIpc) is 2.07. The SMILES string of the molecule is CC1(C)NNC(=O)C1C#N. The maximum atomic E-state index is 10.8. The molecule has 1 unspecified atom stereocenters. The van der Waals surface area contributed by atoms with Crippen molar-refractivity contribution < 1.29 is 4.79 Å². The highest BCUT2D eigenvalue weighted by Crippen LogP contribution is 2.19. The fourth-order valence-corrected chi connectivity index (χ4v) is 0.915. The minimum atomic E-state index is -0.576. The molecular weight excluding hydrogens is 130 g/mol. The van der Waals surface area contributed by atoms with Crippen LogP contribution in [-0.2, 0) is 4.79 Å². The summed E-state index contributed by atoms with van der Waals surface area (Å²) in [6, 6.07) is 1.93. The van der Waals surface area contributed by atoms with Gasteiger partial charge in [-0.05, 0) is 13.8 Å². The quantitative estimate of drug-likeness (QED) is 0.477. The van der Waals surface area contributed by atoms with Gasteiger partial charge in [0.15, 0.2) is 0 Å². The van der Waals surface area contributed by atoms with Crippen LogP contribution in [0.1, 0.15) is 13.8 Å². The molecule has 1 atom stereocenters. The second-order valence-electron chi connectivity index (χ2n) is 2.90. The van der Waals surface area contributed by atoms with E-state index in [1.54, 1.807) is 13.8 Å². The van der Waals surface area contributed by atoms with Gasteiger partial charge < -0.3 is 0 Å². The van der Waals surface area contributed by atoms with Crippen LogP contribution in [0.2, 0.25) is 0 Å². The summed E-state index contributed by atoms with van der Waals surface area (Å²) in [4.78, 5) is 10.8. The molecular formula is C6H9N3O. The van der Waals surface area contributed by atoms with Crippen molar-refractivity contribution in [2.24, 2.45) is 5.92 Å². The summed E-state index contributed by atoms with van der Waals surface area (Å²) in [5, 5.41) is 8.52. The zero-order valence-corrected chi connectivity index (χ0v) is 5.93. The Balaban J connectivity index is 2.86. The molecule has 1 saturated heterocycles. The molecule has 4 nitrogen and oxygen atoms in total. The summed E-state index contributed by atoms with van der Waals surface area (Å²) in [5.74, 6) is -0.819. The maximum Gasteiger partial charge on any atom is 0.253 e. The third kappa shape index (κ3) is 0.847. The van der Waals surface area contributed by atoms with Crippen molar-refractivity contribution in [3.8, 4) is 6.07 Å². The molecule has 0 aromatic carbocycles. The number of nitriles is 1. The zero-order chi connectivity index (χ0) is 7.78. The predicted octanol–water partition coefficient (Wildman–Crippen LogP) is -0.461. The first-order chi connectivity index (χ1) is 4.58. The maximum absolute atomic E-state index is 10.8. The molecule has 0 bridgehead atoms. The van der Waals surface area contributed by atoms with Crippen molar-refractivity contribution in [1.82, 2.24) is 10.9 Å². The van der Waals surface area contributed by atoms with Crippen molar-refractivity contribution >= 4 is 5.91 Å². The molecule has 10 heavy (non-hydrogen) atoms. The molecule has 1 aliphatic heterocycles. The van der Waals surface area contributed by atoms with Crippen LogP contribution in [0.15, 0.2) is 0 Å². The van der Waals surface area contributed by atoms with Crippen LogP contribution in [0.25, 0.3) is 0 Å². The lowest BCUT2D eigenvalue weighted by molar-refractivity contribution is -0.121. The Labute approximate surface area is 59.2 Å². The summed E-state index contributed by atoms with van der Waals surface area (Å²) in [6.45, 7) is 3.61. The van der Waals surface area contributed by atoms with Crippen molar-refractivity contribution in [3.63, 3.8) is 0 Å². The summed E-state index contributed by atoms with van der Waals surface area (Å²) < 4.78 is 0. The predicted molar refractivity (Wildman–Crippen MR) is 34.5 cm³/mol. The van der Waals surface area contributed by atoms with E-state index in [-0.39, 0.29) is 5.91 Å². The van der Waals surface area contributed by atoms with E-state index >= 15 is 0 Å². The molecule has 54 valence electrons. The summed E-state index contributed by atoms with van der Waals surface area (Å²) in [5.41, 5.74) is 4.69. The van der Waals surface area contributed by atoms with Gasteiger partial charge in [0.2, 0.25) is 0 Å². The average molecular weight is 139 g/mol. The Hall–Kier alpha value is -1.08. The van der Waals surface area contributed by atoms with Crippen LogP contribution < -0.4 is 10.9 Å². The van der Waals surface area contributed by atoms with Gasteiger partial charge in [-0.3, -0.25) is 10.2 Å². The number of amides is 1. The Morgan fingerprint density at radius 1 is 1.70 bits per heavy atom. The highest BCUT2D eigenvalue weighted by Gasteiger charge is 2.41. The van der Waals surface area contributed by atoms with Crippen molar-refractivity contribution in [1.29, 1.82) is 5.26 Å². The number of hydrogen-bond acceptors (Lipinski definition) is 3. The highest BCUT2D eigenvalue weighted by molar-refractivity contribution is 5.84. The lowest BCUT2D eigenvalue weighted by atomic mass is 9.91. The molecule has 1 rings (SSSR count). The van der Waals surface area contributed by atoms with Gasteiger partial charge in [-0.15, -0.1) is 0 Å². The van der Waals surface area contributed by atoms with E-state index < -0.39 is 11.5 Å². The second kappa shape index (κ2) is 1.96. The monoisotopic (exact) mass is 139 g/mol. The van der Waals surface area contributed by atoms with Crippen molar-refractivity contribution in [2.45, 2.75) is 19.4 Å². The summed E-state index contributed by atoms with van der Waals surface area (Å²) >= 11 is 0. The molecule has 1 amide bonds. The third-order valence-electron chi connectivity index (χ3n) is 1.62. The van der Waals surface area contributed by atoms with Crippen LogP contribution in [-0.4, -0.2) is 11.4 Å². The Kier molecular flexibility index (Phi) is 1.38. The van der Waals surface area contributed by atoms with Gasteiger partial charge in [-0.2, -0.15) is 5.26 Å². The van der Waals surface area contributed by atoms with E-state index in [0.29, 0.717) is 0 Å². The Morgan fingerprint density at radius 3 is 2.50 bits per heavy atom. The highest BCUT2D eigenvalue weighted by atomic mass is 16.2. The van der Waals surface area contributed by atoms with E-state index in [4.69, 9.17) is 5.26 Å². The van der Waals surface area contributed by atoms with Gasteiger partial charge in [0.25, 0.3) is 5.91 Å². The van der Waals surface area contributed by atoms with Gasteiger partial charge >= 0.3 is 0 Å². The zero-order valence-electron chi connectivity index (χ0n) is 5.93. The standard InChI is InChI=1S/C6H9N3O/c1-6(2)4(3-7)5(10)8-9-6/h4,9H,1-2H3,(H,8,10). The van der Waals surface area contributed by atoms with Crippen LogP contribution >= 0.6 is 0 Å². The number of hydrazine groups is 1. The van der Waals surface area contributed by atoms with Gasteiger partial charge in [-0.1, -0.05) is 0 Å². The molecule has 1 aliphatic rings. The molecule has 2 N–H and O–H groups in total. The van der Waals surface area contributed by atoms with Gasteiger partial charge in [0, 0.05) is 0 Å². The molecule has 0 radical (unpaired) electrons. The van der Waals surface area contributed by atoms with Crippen LogP contribution in [0.4, 0.5) is 0 Å². The topological polar surface area (TPSA) is 64.9 Å². The molecule has 0 aromatic heterocycles. The second-order valence-corrected chi connectivity index (χ2v) is 2.90. The normalized spacial score (nSPS) is 29.3. The Bertz CT molecular complexity index is 204. The van der Waals surface area contributed by atoms with Gasteiger partial charge in [0.05, 0.1) is 11.6 Å². The first kappa shape index (κ1) is 7.03. The Morgan fingerprint density at radius 2 is 2.30 bits per heavy atom. The van der Waals surface area contributed by atoms with Crippen LogP contribution in [0, 0.1) is 17.2 Å². The molecule has 0 saturated carbocycles. The van der Waals surface area contributed by atoms with Gasteiger partial charge in [-0.25, -0.2) is 5.43 Å². The van der Waals surface area contributed by atoms with Crippen molar-refractivity contribution in [3.05, 3.63) is 0 Å². The first-order valence-corrected chi connectivity index (χ1v) is 3.04. The van der Waals surface area contributed by atoms with Crippen LogP contribution in [0.5, 0.6) is 0 Å². The minimum Gasteiger partial charge on any atom is -0.290 e. The third-order valence-corrected chi connectivity index (χ3v) is 1.62. The van der Waals surface area contributed by atoms with Gasteiger partial charge in [0.1, 0.15) is 5.92 Å². The fraction of sp³-hybridized carbons (Fsp3) is 0.667. The number of nitrogens with zero attached hydrogens (tertiary/aromatic N) is 1. The molecule has 1 heterocycles. The number of carbonyl (C=O) groups excluding carboxylic acids is 1. The number of hydrogen-bond donors (Lipinski definition) is 2. The summed E-state index contributed by atoms with van der Waals surface area (Å²) in [7, 11) is 0. The molecule has 0 aliphatic carbocycles. The smallest absolute Gasteiger partial charge is 0.253 e. The summed E-state index contributed by atoms with van der Waals surface area (Å²) in [6.07, 6.45) is 0. The van der Waals surface area contributed by atoms with E-state index in [9.17, 15) is 4.79 Å². The van der Waals surface area contributed by atoms with E-state index in [2.05, 4.69) is 10.9 Å². The number of rotatable bonds is 0. The van der Waals surface area contributed by atoms with E-state index in [1.807, 2.05) is 6.07 Å². The van der Waals surface area contributed by atoms with Crippen molar-refractivity contribution in [2.75, 3.05) is 0 Å². The first-order valence-electron chi connectivity index (χ1n) is 3.04. The van der Waals surface area contributed by atoms with Crippen LogP contribution in [0.3, 0.4) is 0 Å². The number of carbonyl (C=O) groups is 1. The van der Waals surface area contributed by atoms with E-state index in [0.717, 1.165) is 0 Å². The molecule has 0 aromatic rings. The molecule has 0 spiro atoms. The minimum absolute atomic E-state index is 0.243.